The maximum atomic E-state index is 12.4. The molecule has 5 nitrogen and oxygen atoms in total. The van der Waals surface area contributed by atoms with Crippen molar-refractivity contribution in [1.29, 1.82) is 0 Å². The molecule has 1 amide bonds. The van der Waals surface area contributed by atoms with Crippen LogP contribution in [-0.4, -0.2) is 54.5 Å². The molecule has 0 radical (unpaired) electrons. The van der Waals surface area contributed by atoms with Gasteiger partial charge in [0.05, 0.1) is 12.7 Å². The van der Waals surface area contributed by atoms with Crippen LogP contribution in [0.2, 0.25) is 0 Å². The minimum Gasteiger partial charge on any atom is -0.444 e. The van der Waals surface area contributed by atoms with Crippen molar-refractivity contribution >= 4 is 6.09 Å². The van der Waals surface area contributed by atoms with E-state index in [0.717, 1.165) is 19.7 Å². The van der Waals surface area contributed by atoms with Gasteiger partial charge in [-0.25, -0.2) is 4.79 Å². The van der Waals surface area contributed by atoms with Crippen molar-refractivity contribution < 1.29 is 14.3 Å². The summed E-state index contributed by atoms with van der Waals surface area (Å²) in [6.07, 6.45) is 6.56. The first kappa shape index (κ1) is 21.2. The van der Waals surface area contributed by atoms with Crippen LogP contribution >= 0.6 is 0 Å². The number of amides is 1. The Labute approximate surface area is 148 Å². The second-order valence-electron chi connectivity index (χ2n) is 8.68. The molecule has 0 saturated heterocycles. The molecular formula is C19H38N2O3. The van der Waals surface area contributed by atoms with Gasteiger partial charge in [-0.2, -0.15) is 0 Å². The van der Waals surface area contributed by atoms with Gasteiger partial charge in [0.1, 0.15) is 5.60 Å². The molecule has 0 aromatic rings. The highest BCUT2D eigenvalue weighted by atomic mass is 16.6. The van der Waals surface area contributed by atoms with Crippen molar-refractivity contribution in [3.05, 3.63) is 0 Å². The van der Waals surface area contributed by atoms with Gasteiger partial charge in [0.15, 0.2) is 0 Å². The molecule has 5 heteroatoms. The van der Waals surface area contributed by atoms with Gasteiger partial charge < -0.3 is 19.7 Å². The monoisotopic (exact) mass is 342 g/mol. The van der Waals surface area contributed by atoms with Crippen molar-refractivity contribution in [2.75, 3.05) is 26.2 Å². The Morgan fingerprint density at radius 3 is 2.21 bits per heavy atom. The first-order chi connectivity index (χ1) is 11.1. The summed E-state index contributed by atoms with van der Waals surface area (Å²) in [4.78, 5) is 14.2. The Hall–Kier alpha value is -0.810. The van der Waals surface area contributed by atoms with Crippen LogP contribution in [0.15, 0.2) is 0 Å². The van der Waals surface area contributed by atoms with Gasteiger partial charge in [-0.05, 0) is 54.4 Å². The highest BCUT2D eigenvalue weighted by Gasteiger charge is 2.30. The van der Waals surface area contributed by atoms with E-state index in [-0.39, 0.29) is 11.6 Å². The van der Waals surface area contributed by atoms with E-state index in [2.05, 4.69) is 5.32 Å². The Bertz CT molecular complexity index is 366. The molecule has 1 aliphatic rings. The van der Waals surface area contributed by atoms with E-state index in [1.165, 1.54) is 32.1 Å². The van der Waals surface area contributed by atoms with E-state index in [0.29, 0.717) is 12.6 Å². The first-order valence-electron chi connectivity index (χ1n) is 9.42. The summed E-state index contributed by atoms with van der Waals surface area (Å²) in [5.74, 6) is 0. The first-order valence-corrected chi connectivity index (χ1v) is 9.42. The maximum Gasteiger partial charge on any atom is 0.410 e. The normalized spacial score (nSPS) is 16.9. The molecule has 142 valence electrons. The summed E-state index contributed by atoms with van der Waals surface area (Å²) in [5.41, 5.74) is -0.732. The lowest BCUT2D eigenvalue weighted by atomic mass is 9.98. The Balaban J connectivity index is 2.26. The van der Waals surface area contributed by atoms with Gasteiger partial charge in [0.25, 0.3) is 0 Å². The number of carbonyl (C=O) groups is 1. The third kappa shape index (κ3) is 8.88. The molecule has 0 aliphatic heterocycles. The fraction of sp³-hybridized carbons (Fsp3) is 0.947. The highest BCUT2D eigenvalue weighted by Crippen LogP contribution is 2.20. The van der Waals surface area contributed by atoms with Gasteiger partial charge in [-0.3, -0.25) is 0 Å². The van der Waals surface area contributed by atoms with Crippen molar-refractivity contribution in [3.8, 4) is 0 Å². The van der Waals surface area contributed by atoms with Crippen LogP contribution in [0.3, 0.4) is 0 Å². The van der Waals surface area contributed by atoms with Gasteiger partial charge in [0, 0.05) is 25.2 Å². The maximum absolute atomic E-state index is 12.4. The molecule has 1 fully saturated rings. The number of rotatable bonds is 7. The predicted molar refractivity (Wildman–Crippen MR) is 98.4 cm³/mol. The van der Waals surface area contributed by atoms with Crippen LogP contribution in [-0.2, 0) is 9.47 Å². The van der Waals surface area contributed by atoms with E-state index in [1.54, 1.807) is 4.90 Å². The topological polar surface area (TPSA) is 50.8 Å². The molecule has 0 bridgehead atoms. The predicted octanol–water partition coefficient (Wildman–Crippen LogP) is 3.96. The standard InChI is InChI=1S/C19H38N2O3/c1-18(2,3)21(17(22)24-19(4,5)6)14-12-20-13-15-23-16-10-8-7-9-11-16/h16,20H,7-15H2,1-6H3. The minimum atomic E-state index is -0.470. The zero-order valence-electron chi connectivity index (χ0n) is 16.6. The lowest BCUT2D eigenvalue weighted by Gasteiger charge is -2.37. The minimum absolute atomic E-state index is 0.254. The summed E-state index contributed by atoms with van der Waals surface area (Å²) in [7, 11) is 0. The molecule has 0 spiro atoms. The van der Waals surface area contributed by atoms with Gasteiger partial charge >= 0.3 is 6.09 Å². The summed E-state index contributed by atoms with van der Waals surface area (Å²) in [5, 5.41) is 3.37. The third-order valence-corrected chi connectivity index (χ3v) is 4.12. The lowest BCUT2D eigenvalue weighted by molar-refractivity contribution is 0.00611. The van der Waals surface area contributed by atoms with Crippen LogP contribution in [0.1, 0.15) is 73.6 Å². The van der Waals surface area contributed by atoms with Crippen LogP contribution in [0.25, 0.3) is 0 Å². The second-order valence-corrected chi connectivity index (χ2v) is 8.68. The average molecular weight is 343 g/mol. The van der Waals surface area contributed by atoms with Gasteiger partial charge in [-0.15, -0.1) is 0 Å². The van der Waals surface area contributed by atoms with Crippen LogP contribution in [0.5, 0.6) is 0 Å². The van der Waals surface area contributed by atoms with Crippen LogP contribution in [0.4, 0.5) is 4.79 Å². The number of hydrogen-bond donors (Lipinski definition) is 1. The second kappa shape index (κ2) is 9.62. The molecule has 0 heterocycles. The van der Waals surface area contributed by atoms with E-state index in [9.17, 15) is 4.79 Å². The number of carbonyl (C=O) groups excluding carboxylic acids is 1. The fourth-order valence-corrected chi connectivity index (χ4v) is 2.86. The zero-order chi connectivity index (χ0) is 18.2. The molecule has 1 aliphatic carbocycles. The van der Waals surface area contributed by atoms with Gasteiger partial charge in [-0.1, -0.05) is 19.3 Å². The highest BCUT2D eigenvalue weighted by molar-refractivity contribution is 5.69. The lowest BCUT2D eigenvalue weighted by Crippen LogP contribution is -2.50. The molecule has 0 aromatic heterocycles. The Kier molecular flexibility index (Phi) is 8.51. The smallest absolute Gasteiger partial charge is 0.410 e. The van der Waals surface area contributed by atoms with Crippen LogP contribution in [0, 0.1) is 0 Å². The molecule has 24 heavy (non-hydrogen) atoms. The summed E-state index contributed by atoms with van der Waals surface area (Å²) < 4.78 is 11.4. The van der Waals surface area contributed by atoms with Crippen molar-refractivity contribution in [3.63, 3.8) is 0 Å². The van der Waals surface area contributed by atoms with Crippen LogP contribution < -0.4 is 5.32 Å². The Morgan fingerprint density at radius 2 is 1.67 bits per heavy atom. The number of nitrogens with zero attached hydrogens (tertiary/aromatic N) is 1. The average Bonchev–Trinajstić information content (AvgIpc) is 2.44. The summed E-state index contributed by atoms with van der Waals surface area (Å²) in [6, 6.07) is 0. The van der Waals surface area contributed by atoms with E-state index >= 15 is 0 Å². The summed E-state index contributed by atoms with van der Waals surface area (Å²) in [6.45, 7) is 14.7. The molecule has 1 rings (SSSR count). The van der Waals surface area contributed by atoms with Crippen molar-refractivity contribution in [2.45, 2.75) is 90.9 Å². The van der Waals surface area contributed by atoms with E-state index in [1.807, 2.05) is 41.5 Å². The van der Waals surface area contributed by atoms with Gasteiger partial charge in [0.2, 0.25) is 0 Å². The van der Waals surface area contributed by atoms with E-state index in [4.69, 9.17) is 9.47 Å². The summed E-state index contributed by atoms with van der Waals surface area (Å²) >= 11 is 0. The molecule has 0 aromatic carbocycles. The quantitative estimate of drug-likeness (QED) is 0.712. The number of ether oxygens (including phenoxy) is 2. The zero-order valence-corrected chi connectivity index (χ0v) is 16.6. The number of nitrogens with one attached hydrogen (secondary N) is 1. The van der Waals surface area contributed by atoms with E-state index < -0.39 is 5.60 Å². The molecule has 0 unspecified atom stereocenters. The molecule has 1 saturated carbocycles. The Morgan fingerprint density at radius 1 is 1.04 bits per heavy atom. The number of hydrogen-bond acceptors (Lipinski definition) is 4. The third-order valence-electron chi connectivity index (χ3n) is 4.12. The molecular weight excluding hydrogens is 304 g/mol. The SMILES string of the molecule is CC(C)(C)OC(=O)N(CCNCCOC1CCCCC1)C(C)(C)C. The fourth-order valence-electron chi connectivity index (χ4n) is 2.86. The van der Waals surface area contributed by atoms with Crippen molar-refractivity contribution in [2.24, 2.45) is 0 Å². The van der Waals surface area contributed by atoms with Crippen molar-refractivity contribution in [1.82, 2.24) is 10.2 Å². The molecule has 0 atom stereocenters. The largest absolute Gasteiger partial charge is 0.444 e. The molecule has 1 N–H and O–H groups in total.